The fraction of sp³-hybridized carbons (Fsp3) is 0.269. The molecule has 33 heavy (non-hydrogen) atoms. The van der Waals surface area contributed by atoms with Crippen molar-refractivity contribution < 1.29 is 19.1 Å². The average molecular weight is 463 g/mol. The number of nitrogens with one attached hydrogen (secondary N) is 2. The number of aryl methyl sites for hydroxylation is 1. The Morgan fingerprint density at radius 2 is 1.55 bits per heavy atom. The Bertz CT molecular complexity index is 1170. The van der Waals surface area contributed by atoms with Crippen LogP contribution >= 0.6 is 11.3 Å². The van der Waals surface area contributed by atoms with E-state index in [0.29, 0.717) is 27.4 Å². The van der Waals surface area contributed by atoms with Gasteiger partial charge < -0.3 is 15.4 Å². The Balaban J connectivity index is 1.56. The molecule has 0 bridgehead atoms. The van der Waals surface area contributed by atoms with Crippen LogP contribution in [0.4, 0.5) is 10.7 Å². The molecule has 2 N–H and O–H groups in total. The lowest BCUT2D eigenvalue weighted by atomic mass is 9.95. The summed E-state index contributed by atoms with van der Waals surface area (Å²) in [5.74, 6) is -0.910. The Kier molecular flexibility index (Phi) is 6.89. The normalized spacial score (nSPS) is 12.7. The van der Waals surface area contributed by atoms with Crippen molar-refractivity contribution in [1.82, 2.24) is 0 Å². The number of esters is 1. The molecule has 0 saturated heterocycles. The van der Waals surface area contributed by atoms with Crippen molar-refractivity contribution in [2.24, 2.45) is 0 Å². The maximum absolute atomic E-state index is 13.3. The number of carbonyl (C=O) groups excluding carboxylic acids is 3. The van der Waals surface area contributed by atoms with E-state index < -0.39 is 5.97 Å². The molecule has 1 aliphatic rings. The molecule has 4 rings (SSSR count). The van der Waals surface area contributed by atoms with Crippen LogP contribution in [0.2, 0.25) is 0 Å². The highest BCUT2D eigenvalue weighted by Gasteiger charge is 2.26. The van der Waals surface area contributed by atoms with Gasteiger partial charge in [0, 0.05) is 16.1 Å². The topological polar surface area (TPSA) is 84.5 Å². The number of thiophene rings is 1. The number of amides is 2. The number of anilines is 2. The van der Waals surface area contributed by atoms with Crippen LogP contribution in [0.1, 0.15) is 68.2 Å². The van der Waals surface area contributed by atoms with E-state index in [-0.39, 0.29) is 17.9 Å². The number of rotatable bonds is 6. The van der Waals surface area contributed by atoms with Crippen molar-refractivity contribution in [2.45, 2.75) is 45.6 Å². The first-order valence-electron chi connectivity index (χ1n) is 11.1. The summed E-state index contributed by atoms with van der Waals surface area (Å²) in [7, 11) is 0. The standard InChI is InChI=1S/C26H26N2O4S/c1-16(2)32-26(31)18-12-14-19(15-13-18)27-24(30)22-20-10-6-7-11-21(20)33-25(22)28-23(29)17-8-4-3-5-9-17/h3-5,8-9,12-16H,6-7,10-11H2,1-2H3,(H,27,30)(H,28,29). The van der Waals surface area contributed by atoms with Gasteiger partial charge in [0.25, 0.3) is 11.8 Å². The number of hydrogen-bond acceptors (Lipinski definition) is 5. The molecule has 2 amide bonds. The summed E-state index contributed by atoms with van der Waals surface area (Å²) in [6, 6.07) is 15.6. The minimum absolute atomic E-state index is 0.203. The lowest BCUT2D eigenvalue weighted by Gasteiger charge is -2.14. The van der Waals surface area contributed by atoms with Crippen LogP contribution in [0, 0.1) is 0 Å². The van der Waals surface area contributed by atoms with E-state index >= 15 is 0 Å². The number of fused-ring (bicyclic) bond motifs is 1. The number of carbonyl (C=O) groups is 3. The number of ether oxygens (including phenoxy) is 1. The Hall–Kier alpha value is -3.45. The van der Waals surface area contributed by atoms with E-state index in [0.717, 1.165) is 36.1 Å². The van der Waals surface area contributed by atoms with Gasteiger partial charge >= 0.3 is 5.97 Å². The van der Waals surface area contributed by atoms with Crippen molar-refractivity contribution in [2.75, 3.05) is 10.6 Å². The quantitative estimate of drug-likeness (QED) is 0.461. The smallest absolute Gasteiger partial charge is 0.338 e. The van der Waals surface area contributed by atoms with Gasteiger partial charge in [-0.15, -0.1) is 11.3 Å². The van der Waals surface area contributed by atoms with Crippen molar-refractivity contribution >= 4 is 39.8 Å². The highest BCUT2D eigenvalue weighted by atomic mass is 32.1. The van der Waals surface area contributed by atoms with E-state index in [1.807, 2.05) is 18.2 Å². The van der Waals surface area contributed by atoms with Gasteiger partial charge in [-0.25, -0.2) is 4.79 Å². The van der Waals surface area contributed by atoms with Gasteiger partial charge in [0.2, 0.25) is 0 Å². The second-order valence-corrected chi connectivity index (χ2v) is 9.33. The van der Waals surface area contributed by atoms with Gasteiger partial charge in [-0.3, -0.25) is 9.59 Å². The van der Waals surface area contributed by atoms with Crippen LogP contribution in [0.3, 0.4) is 0 Å². The number of hydrogen-bond donors (Lipinski definition) is 2. The lowest BCUT2D eigenvalue weighted by Crippen LogP contribution is -2.18. The molecule has 6 nitrogen and oxygen atoms in total. The third kappa shape index (κ3) is 5.31. The molecule has 7 heteroatoms. The first-order valence-corrected chi connectivity index (χ1v) is 11.9. The van der Waals surface area contributed by atoms with E-state index in [9.17, 15) is 14.4 Å². The third-order valence-corrected chi connectivity index (χ3v) is 6.59. The molecular weight excluding hydrogens is 436 g/mol. The molecule has 0 fully saturated rings. The molecule has 1 aliphatic carbocycles. The van der Waals surface area contributed by atoms with Gasteiger partial charge in [-0.05, 0) is 81.5 Å². The second-order valence-electron chi connectivity index (χ2n) is 8.22. The SMILES string of the molecule is CC(C)OC(=O)c1ccc(NC(=O)c2c(NC(=O)c3ccccc3)sc3c2CCCC3)cc1. The summed E-state index contributed by atoms with van der Waals surface area (Å²) < 4.78 is 5.20. The second kappa shape index (κ2) is 10.0. The van der Waals surface area contributed by atoms with Crippen LogP contribution in [0.25, 0.3) is 0 Å². The van der Waals surface area contributed by atoms with Gasteiger partial charge in [0.15, 0.2) is 0 Å². The fourth-order valence-electron chi connectivity index (χ4n) is 3.82. The van der Waals surface area contributed by atoms with Crippen molar-refractivity contribution in [1.29, 1.82) is 0 Å². The van der Waals surface area contributed by atoms with Crippen LogP contribution in [-0.2, 0) is 17.6 Å². The van der Waals surface area contributed by atoms with E-state index in [1.54, 1.807) is 50.2 Å². The van der Waals surface area contributed by atoms with Crippen LogP contribution in [-0.4, -0.2) is 23.9 Å². The van der Waals surface area contributed by atoms with Crippen molar-refractivity contribution in [3.8, 4) is 0 Å². The predicted molar refractivity (Wildman–Crippen MR) is 130 cm³/mol. The molecule has 0 spiro atoms. The molecule has 0 radical (unpaired) electrons. The first-order chi connectivity index (χ1) is 15.9. The maximum Gasteiger partial charge on any atom is 0.338 e. The average Bonchev–Trinajstić information content (AvgIpc) is 3.17. The Morgan fingerprint density at radius 1 is 0.848 bits per heavy atom. The molecule has 0 unspecified atom stereocenters. The zero-order chi connectivity index (χ0) is 23.4. The van der Waals surface area contributed by atoms with Gasteiger partial charge in [-0.1, -0.05) is 18.2 Å². The zero-order valence-electron chi connectivity index (χ0n) is 18.6. The summed E-state index contributed by atoms with van der Waals surface area (Å²) in [6.07, 6.45) is 3.62. The summed E-state index contributed by atoms with van der Waals surface area (Å²) in [5, 5.41) is 6.44. The van der Waals surface area contributed by atoms with Gasteiger partial charge in [-0.2, -0.15) is 0 Å². The molecule has 1 aromatic heterocycles. The van der Waals surface area contributed by atoms with Gasteiger partial charge in [0.05, 0.1) is 17.2 Å². The van der Waals surface area contributed by atoms with Crippen LogP contribution in [0.15, 0.2) is 54.6 Å². The predicted octanol–water partition coefficient (Wildman–Crippen LogP) is 5.70. The molecule has 170 valence electrons. The highest BCUT2D eigenvalue weighted by Crippen LogP contribution is 2.38. The first kappa shape index (κ1) is 22.7. The van der Waals surface area contributed by atoms with Crippen LogP contribution < -0.4 is 10.6 Å². The molecule has 0 saturated carbocycles. The maximum atomic E-state index is 13.3. The molecule has 2 aromatic carbocycles. The summed E-state index contributed by atoms with van der Waals surface area (Å²) >= 11 is 1.48. The lowest BCUT2D eigenvalue weighted by molar-refractivity contribution is 0.0377. The Labute approximate surface area is 197 Å². The van der Waals surface area contributed by atoms with Crippen molar-refractivity contribution in [3.63, 3.8) is 0 Å². The largest absolute Gasteiger partial charge is 0.459 e. The third-order valence-electron chi connectivity index (χ3n) is 5.38. The zero-order valence-corrected chi connectivity index (χ0v) is 19.5. The fourth-order valence-corrected chi connectivity index (χ4v) is 5.11. The van der Waals surface area contributed by atoms with E-state index in [2.05, 4.69) is 10.6 Å². The van der Waals surface area contributed by atoms with E-state index in [1.165, 1.54) is 11.3 Å². The summed E-state index contributed by atoms with van der Waals surface area (Å²) in [5.41, 5.74) is 3.08. The molecule has 1 heterocycles. The molecular formula is C26H26N2O4S. The van der Waals surface area contributed by atoms with Crippen LogP contribution in [0.5, 0.6) is 0 Å². The Morgan fingerprint density at radius 3 is 2.24 bits per heavy atom. The number of benzene rings is 2. The minimum Gasteiger partial charge on any atom is -0.459 e. The van der Waals surface area contributed by atoms with Crippen molar-refractivity contribution in [3.05, 3.63) is 81.7 Å². The summed E-state index contributed by atoms with van der Waals surface area (Å²) in [4.78, 5) is 39.3. The highest BCUT2D eigenvalue weighted by molar-refractivity contribution is 7.17. The van der Waals surface area contributed by atoms with Gasteiger partial charge in [0.1, 0.15) is 5.00 Å². The molecule has 0 atom stereocenters. The molecule has 0 aliphatic heterocycles. The monoisotopic (exact) mass is 462 g/mol. The minimum atomic E-state index is -0.402. The molecule has 3 aromatic rings. The van der Waals surface area contributed by atoms with E-state index in [4.69, 9.17) is 4.74 Å². The summed E-state index contributed by atoms with van der Waals surface area (Å²) in [6.45, 7) is 3.59.